The van der Waals surface area contributed by atoms with E-state index in [1.807, 2.05) is 67.8 Å². The van der Waals surface area contributed by atoms with E-state index < -0.39 is 27.8 Å². The zero-order valence-electron chi connectivity index (χ0n) is 25.0. The van der Waals surface area contributed by atoms with Crippen LogP contribution in [0.5, 0.6) is 0 Å². The van der Waals surface area contributed by atoms with Gasteiger partial charge in [0, 0.05) is 63.8 Å². The van der Waals surface area contributed by atoms with Gasteiger partial charge in [0.05, 0.1) is 10.6 Å². The van der Waals surface area contributed by atoms with Gasteiger partial charge in [0.2, 0.25) is 15.9 Å². The number of halogens is 1. The molecule has 2 aromatic heterocycles. The van der Waals surface area contributed by atoms with Crippen LogP contribution in [0.2, 0.25) is 0 Å². The Hall–Kier alpha value is -4.45. The van der Waals surface area contributed by atoms with Crippen molar-refractivity contribution in [3.05, 3.63) is 120 Å². The Kier molecular flexibility index (Phi) is 9.02. The number of anilines is 1. The highest BCUT2D eigenvalue weighted by Crippen LogP contribution is 2.26. The smallest absolute Gasteiger partial charge is 0.244 e. The van der Waals surface area contributed by atoms with Crippen LogP contribution in [0.4, 0.5) is 10.2 Å². The molecule has 1 N–H and O–H groups in total. The number of nitrogens with zero attached hydrogens (tertiary/aromatic N) is 5. The van der Waals surface area contributed by atoms with Crippen molar-refractivity contribution >= 4 is 21.7 Å². The van der Waals surface area contributed by atoms with Crippen molar-refractivity contribution in [3.63, 3.8) is 0 Å². The van der Waals surface area contributed by atoms with Gasteiger partial charge < -0.3 is 10.2 Å². The second kappa shape index (κ2) is 13.3. The second-order valence-corrected chi connectivity index (χ2v) is 13.2. The van der Waals surface area contributed by atoms with Crippen molar-refractivity contribution in [3.8, 4) is 11.3 Å². The van der Waals surface area contributed by atoms with Crippen LogP contribution in [0.1, 0.15) is 16.7 Å². The number of aryl methyl sites for hydroxylation is 1. The number of hydrogen-bond donors (Lipinski definition) is 1. The van der Waals surface area contributed by atoms with E-state index in [9.17, 15) is 17.6 Å². The minimum Gasteiger partial charge on any atom is -0.354 e. The highest BCUT2D eigenvalue weighted by molar-refractivity contribution is 7.89. The molecular formula is C34H35FN6O3S. The molecule has 1 saturated heterocycles. The minimum atomic E-state index is -4.01. The summed E-state index contributed by atoms with van der Waals surface area (Å²) in [6.07, 6.45) is 6.87. The average Bonchev–Trinajstić information content (AvgIpc) is 3.56. The number of aromatic nitrogens is 2. The summed E-state index contributed by atoms with van der Waals surface area (Å²) in [5.74, 6) is -0.132. The molecule has 0 bridgehead atoms. The van der Waals surface area contributed by atoms with Crippen molar-refractivity contribution in [2.75, 3.05) is 37.6 Å². The van der Waals surface area contributed by atoms with E-state index in [0.717, 1.165) is 77.4 Å². The number of benzene rings is 2. The zero-order valence-corrected chi connectivity index (χ0v) is 25.8. The molecule has 0 unspecified atom stereocenters. The molecule has 232 valence electrons. The molecule has 6 rings (SSSR count). The normalized spacial score (nSPS) is 17.5. The maximum absolute atomic E-state index is 13.4. The lowest BCUT2D eigenvalue weighted by molar-refractivity contribution is -0.123. The van der Waals surface area contributed by atoms with E-state index in [2.05, 4.69) is 20.1 Å². The monoisotopic (exact) mass is 626 g/mol. The number of sulfonamides is 1. The topological polar surface area (TPSA) is 98.7 Å². The Morgan fingerprint density at radius 1 is 0.933 bits per heavy atom. The number of amides is 1. The number of pyridine rings is 2. The van der Waals surface area contributed by atoms with E-state index in [4.69, 9.17) is 4.98 Å². The van der Waals surface area contributed by atoms with Crippen LogP contribution in [0.15, 0.2) is 102 Å². The van der Waals surface area contributed by atoms with Gasteiger partial charge in [0.25, 0.3) is 0 Å². The third kappa shape index (κ3) is 7.11. The number of carbonyl (C=O) groups excluding carboxylic acids is 1. The lowest BCUT2D eigenvalue weighted by Gasteiger charge is -2.35. The van der Waals surface area contributed by atoms with Crippen LogP contribution in [0, 0.1) is 12.7 Å². The number of piperazine rings is 1. The van der Waals surface area contributed by atoms with E-state index in [-0.39, 0.29) is 18.0 Å². The molecule has 1 fully saturated rings. The third-order valence-electron chi connectivity index (χ3n) is 8.14. The molecular weight excluding hydrogens is 591 g/mol. The molecule has 2 aliphatic rings. The van der Waals surface area contributed by atoms with Gasteiger partial charge >= 0.3 is 0 Å². The summed E-state index contributed by atoms with van der Waals surface area (Å²) in [5, 5.41) is 2.94. The predicted molar refractivity (Wildman–Crippen MR) is 171 cm³/mol. The number of rotatable bonds is 9. The molecule has 2 aliphatic heterocycles. The van der Waals surface area contributed by atoms with E-state index in [1.165, 1.54) is 17.7 Å². The SMILES string of the molecule is Cc1ccc(-c2cc(CNC(=O)[C@@H]3C=CCN3S(=O)(=O)c3ccc(F)cc3)cc(N3CCN(Cc4ccncc4)CC3)n2)cc1. The van der Waals surface area contributed by atoms with Crippen LogP contribution < -0.4 is 10.2 Å². The van der Waals surface area contributed by atoms with Gasteiger partial charge in [0.15, 0.2) is 0 Å². The van der Waals surface area contributed by atoms with Gasteiger partial charge in [-0.2, -0.15) is 4.31 Å². The van der Waals surface area contributed by atoms with Gasteiger partial charge in [-0.3, -0.25) is 14.7 Å². The third-order valence-corrected chi connectivity index (χ3v) is 10.0. The van der Waals surface area contributed by atoms with E-state index >= 15 is 0 Å². The highest BCUT2D eigenvalue weighted by atomic mass is 32.2. The summed E-state index contributed by atoms with van der Waals surface area (Å²) in [6, 6.07) is 19.8. The van der Waals surface area contributed by atoms with Gasteiger partial charge in [-0.15, -0.1) is 0 Å². The first kappa shape index (κ1) is 30.6. The van der Waals surface area contributed by atoms with Crippen LogP contribution in [0.3, 0.4) is 0 Å². The van der Waals surface area contributed by atoms with E-state index in [0.29, 0.717) is 0 Å². The first-order valence-corrected chi connectivity index (χ1v) is 16.4. The quantitative estimate of drug-likeness (QED) is 0.279. The van der Waals surface area contributed by atoms with E-state index in [1.54, 1.807) is 12.2 Å². The number of carbonyl (C=O) groups is 1. The number of nitrogens with one attached hydrogen (secondary N) is 1. The lowest BCUT2D eigenvalue weighted by atomic mass is 10.1. The molecule has 1 atom stereocenters. The van der Waals surface area contributed by atoms with Crippen molar-refractivity contribution in [2.45, 2.75) is 31.0 Å². The molecule has 0 spiro atoms. The summed E-state index contributed by atoms with van der Waals surface area (Å²) in [4.78, 5) is 27.1. The first-order chi connectivity index (χ1) is 21.8. The van der Waals surface area contributed by atoms with Crippen LogP contribution in [-0.2, 0) is 27.9 Å². The average molecular weight is 627 g/mol. The Balaban J connectivity index is 1.18. The zero-order chi connectivity index (χ0) is 31.4. The molecule has 1 amide bonds. The van der Waals surface area contributed by atoms with Gasteiger partial charge in [0.1, 0.15) is 17.7 Å². The maximum Gasteiger partial charge on any atom is 0.244 e. The largest absolute Gasteiger partial charge is 0.354 e. The first-order valence-electron chi connectivity index (χ1n) is 14.9. The molecule has 0 radical (unpaired) electrons. The molecule has 4 heterocycles. The van der Waals surface area contributed by atoms with Crippen LogP contribution >= 0.6 is 0 Å². The predicted octanol–water partition coefficient (Wildman–Crippen LogP) is 4.16. The molecule has 45 heavy (non-hydrogen) atoms. The second-order valence-electron chi connectivity index (χ2n) is 11.3. The molecule has 9 nitrogen and oxygen atoms in total. The fourth-order valence-electron chi connectivity index (χ4n) is 5.59. The van der Waals surface area contributed by atoms with Crippen molar-refractivity contribution in [1.29, 1.82) is 0 Å². The fraction of sp³-hybridized carbons (Fsp3) is 0.265. The van der Waals surface area contributed by atoms with Crippen molar-refractivity contribution in [2.24, 2.45) is 0 Å². The van der Waals surface area contributed by atoms with Crippen molar-refractivity contribution in [1.82, 2.24) is 24.5 Å². The Bertz CT molecular complexity index is 1780. The Morgan fingerprint density at radius 3 is 2.36 bits per heavy atom. The van der Waals surface area contributed by atoms with Gasteiger partial charge in [-0.05, 0) is 66.6 Å². The Labute approximate surface area is 263 Å². The standard InChI is InChI=1S/C34H35FN6O3S/c1-25-4-6-28(7-5-25)31-21-27(22-33(38-31)40-19-17-39(18-20-40)24-26-12-14-36-15-13-26)23-37-34(42)32-3-2-16-41(32)45(43,44)30-10-8-29(35)9-11-30/h2-15,21-22,32H,16-20,23-24H2,1H3,(H,37,42)/t32-/m0/s1. The molecule has 2 aromatic carbocycles. The molecule has 4 aromatic rings. The van der Waals surface area contributed by atoms with Crippen LogP contribution in [-0.4, -0.2) is 72.3 Å². The lowest BCUT2D eigenvalue weighted by Crippen LogP contribution is -2.46. The van der Waals surface area contributed by atoms with Gasteiger partial charge in [-0.25, -0.2) is 17.8 Å². The summed E-state index contributed by atoms with van der Waals surface area (Å²) in [7, 11) is -4.01. The van der Waals surface area contributed by atoms with Gasteiger partial charge in [-0.1, -0.05) is 42.0 Å². The summed E-state index contributed by atoms with van der Waals surface area (Å²) < 4.78 is 41.1. The highest BCUT2D eigenvalue weighted by Gasteiger charge is 2.36. The molecule has 11 heteroatoms. The summed E-state index contributed by atoms with van der Waals surface area (Å²) in [5.41, 5.74) is 5.02. The summed E-state index contributed by atoms with van der Waals surface area (Å²) >= 11 is 0. The maximum atomic E-state index is 13.4. The minimum absolute atomic E-state index is 0.0575. The number of hydrogen-bond acceptors (Lipinski definition) is 7. The molecule has 0 aliphatic carbocycles. The fourth-order valence-corrected chi connectivity index (χ4v) is 7.09. The Morgan fingerprint density at radius 2 is 1.64 bits per heavy atom. The van der Waals surface area contributed by atoms with Crippen molar-refractivity contribution < 1.29 is 17.6 Å². The molecule has 0 saturated carbocycles. The summed E-state index contributed by atoms with van der Waals surface area (Å²) in [6.45, 7) is 6.56. The van der Waals surface area contributed by atoms with Crippen LogP contribution in [0.25, 0.3) is 11.3 Å².